The molecule has 0 N–H and O–H groups in total. The summed E-state index contributed by atoms with van der Waals surface area (Å²) in [6.07, 6.45) is 0.632. The molecule has 0 saturated carbocycles. The fourth-order valence-corrected chi connectivity index (χ4v) is 3.10. The van der Waals surface area contributed by atoms with Gasteiger partial charge in [0.1, 0.15) is 0 Å². The lowest BCUT2D eigenvalue weighted by molar-refractivity contribution is 0.0718. The van der Waals surface area contributed by atoms with E-state index in [1.54, 1.807) is 15.9 Å². The van der Waals surface area contributed by atoms with E-state index in [2.05, 4.69) is 0 Å². The molecular formula is C20H20F2N2O2. The van der Waals surface area contributed by atoms with Gasteiger partial charge in [-0.15, -0.1) is 0 Å². The van der Waals surface area contributed by atoms with Crippen LogP contribution in [0.25, 0.3) is 0 Å². The monoisotopic (exact) mass is 358 g/mol. The molecule has 0 radical (unpaired) electrons. The van der Waals surface area contributed by atoms with E-state index in [9.17, 15) is 18.4 Å². The molecule has 26 heavy (non-hydrogen) atoms. The van der Waals surface area contributed by atoms with Crippen molar-refractivity contribution in [3.63, 3.8) is 0 Å². The Morgan fingerprint density at radius 2 is 1.42 bits per heavy atom. The van der Waals surface area contributed by atoms with Crippen LogP contribution in [0.5, 0.6) is 0 Å². The molecule has 0 spiro atoms. The Kier molecular flexibility index (Phi) is 5.30. The summed E-state index contributed by atoms with van der Waals surface area (Å²) in [6, 6.07) is 10.6. The van der Waals surface area contributed by atoms with Gasteiger partial charge in [0.15, 0.2) is 11.6 Å². The number of carbonyl (C=O) groups is 2. The molecule has 6 heteroatoms. The first-order valence-corrected chi connectivity index (χ1v) is 8.56. The lowest BCUT2D eigenvalue weighted by atomic mass is 10.1. The molecule has 0 bridgehead atoms. The number of benzene rings is 2. The summed E-state index contributed by atoms with van der Waals surface area (Å²) >= 11 is 0. The summed E-state index contributed by atoms with van der Waals surface area (Å²) in [7, 11) is 0. The van der Waals surface area contributed by atoms with Crippen molar-refractivity contribution in [3.05, 3.63) is 70.8 Å². The zero-order valence-electron chi connectivity index (χ0n) is 14.5. The van der Waals surface area contributed by atoms with E-state index >= 15 is 0 Å². The van der Waals surface area contributed by atoms with Crippen molar-refractivity contribution in [1.29, 1.82) is 0 Å². The van der Waals surface area contributed by atoms with Crippen molar-refractivity contribution >= 4 is 11.8 Å². The Labute approximate surface area is 151 Å². The number of rotatable bonds is 2. The molecule has 2 amide bonds. The number of halogens is 2. The zero-order valence-corrected chi connectivity index (χ0v) is 14.5. The van der Waals surface area contributed by atoms with Gasteiger partial charge in [0.2, 0.25) is 0 Å². The van der Waals surface area contributed by atoms with Gasteiger partial charge < -0.3 is 9.80 Å². The van der Waals surface area contributed by atoms with Crippen LogP contribution in [0.3, 0.4) is 0 Å². The lowest BCUT2D eigenvalue weighted by Gasteiger charge is -2.22. The molecule has 1 fully saturated rings. The summed E-state index contributed by atoms with van der Waals surface area (Å²) < 4.78 is 26.4. The molecule has 2 aromatic rings. The Morgan fingerprint density at radius 3 is 2.00 bits per heavy atom. The van der Waals surface area contributed by atoms with E-state index < -0.39 is 11.6 Å². The maximum atomic E-state index is 13.4. The first kappa shape index (κ1) is 18.0. The Hall–Kier alpha value is -2.76. The van der Waals surface area contributed by atoms with Gasteiger partial charge >= 0.3 is 0 Å². The fraction of sp³-hybridized carbons (Fsp3) is 0.300. The van der Waals surface area contributed by atoms with Crippen LogP contribution in [0.2, 0.25) is 0 Å². The number of amides is 2. The summed E-state index contributed by atoms with van der Waals surface area (Å²) in [4.78, 5) is 28.5. The molecule has 0 aliphatic carbocycles. The highest BCUT2D eigenvalue weighted by Crippen LogP contribution is 2.15. The van der Waals surface area contributed by atoms with Gasteiger partial charge in [-0.3, -0.25) is 9.59 Å². The first-order chi connectivity index (χ1) is 12.5. The van der Waals surface area contributed by atoms with Crippen LogP contribution in [0.4, 0.5) is 8.78 Å². The van der Waals surface area contributed by atoms with Gasteiger partial charge in [0.25, 0.3) is 11.8 Å². The molecule has 2 aromatic carbocycles. The highest BCUT2D eigenvalue weighted by Gasteiger charge is 2.24. The molecule has 1 saturated heterocycles. The summed E-state index contributed by atoms with van der Waals surface area (Å²) in [6.45, 7) is 3.71. The van der Waals surface area contributed by atoms with Crippen molar-refractivity contribution in [2.45, 2.75) is 13.3 Å². The van der Waals surface area contributed by atoms with Crippen LogP contribution in [0, 0.1) is 18.6 Å². The Morgan fingerprint density at radius 1 is 0.808 bits per heavy atom. The van der Waals surface area contributed by atoms with Gasteiger partial charge in [-0.2, -0.15) is 0 Å². The van der Waals surface area contributed by atoms with Crippen LogP contribution < -0.4 is 0 Å². The lowest BCUT2D eigenvalue weighted by Crippen LogP contribution is -2.37. The average molecular weight is 358 g/mol. The third-order valence-corrected chi connectivity index (χ3v) is 4.50. The van der Waals surface area contributed by atoms with Gasteiger partial charge in [-0.1, -0.05) is 17.7 Å². The van der Waals surface area contributed by atoms with Gasteiger partial charge in [0, 0.05) is 37.3 Å². The van der Waals surface area contributed by atoms with Crippen LogP contribution in [-0.2, 0) is 0 Å². The van der Waals surface area contributed by atoms with E-state index in [0.29, 0.717) is 38.2 Å². The number of aryl methyl sites for hydroxylation is 1. The molecule has 1 aliphatic heterocycles. The van der Waals surface area contributed by atoms with E-state index in [1.807, 2.05) is 25.1 Å². The molecule has 0 aromatic heterocycles. The van der Waals surface area contributed by atoms with Crippen LogP contribution in [0.1, 0.15) is 32.7 Å². The molecule has 136 valence electrons. The van der Waals surface area contributed by atoms with Crippen molar-refractivity contribution in [2.24, 2.45) is 0 Å². The molecule has 4 nitrogen and oxygen atoms in total. The minimum atomic E-state index is -1.04. The molecule has 1 heterocycles. The molecule has 1 aliphatic rings. The van der Waals surface area contributed by atoms with E-state index in [-0.39, 0.29) is 17.4 Å². The predicted molar refractivity (Wildman–Crippen MR) is 94.0 cm³/mol. The first-order valence-electron chi connectivity index (χ1n) is 8.56. The van der Waals surface area contributed by atoms with Crippen molar-refractivity contribution in [1.82, 2.24) is 9.80 Å². The maximum absolute atomic E-state index is 13.4. The normalized spacial score (nSPS) is 14.9. The van der Waals surface area contributed by atoms with Crippen molar-refractivity contribution < 1.29 is 18.4 Å². The molecule has 0 atom stereocenters. The molecular weight excluding hydrogens is 338 g/mol. The van der Waals surface area contributed by atoms with Gasteiger partial charge in [-0.05, 0) is 43.7 Å². The van der Waals surface area contributed by atoms with Crippen molar-refractivity contribution in [2.75, 3.05) is 26.2 Å². The Balaban J connectivity index is 1.68. The van der Waals surface area contributed by atoms with Gasteiger partial charge in [0.05, 0.1) is 0 Å². The fourth-order valence-electron chi connectivity index (χ4n) is 3.10. The zero-order chi connectivity index (χ0) is 18.7. The van der Waals surface area contributed by atoms with E-state index in [1.165, 1.54) is 6.07 Å². The van der Waals surface area contributed by atoms with Gasteiger partial charge in [-0.25, -0.2) is 8.78 Å². The highest BCUT2D eigenvalue weighted by atomic mass is 19.2. The molecule has 0 unspecified atom stereocenters. The van der Waals surface area contributed by atoms with Crippen LogP contribution in [-0.4, -0.2) is 47.8 Å². The summed E-state index contributed by atoms with van der Waals surface area (Å²) in [5, 5.41) is 0. The predicted octanol–water partition coefficient (Wildman–Crippen LogP) is 3.26. The average Bonchev–Trinajstić information content (AvgIpc) is 2.89. The largest absolute Gasteiger partial charge is 0.337 e. The smallest absolute Gasteiger partial charge is 0.254 e. The molecule has 3 rings (SSSR count). The van der Waals surface area contributed by atoms with E-state index in [4.69, 9.17) is 0 Å². The second-order valence-electron chi connectivity index (χ2n) is 6.44. The maximum Gasteiger partial charge on any atom is 0.254 e. The summed E-state index contributed by atoms with van der Waals surface area (Å²) in [5.41, 5.74) is 1.76. The topological polar surface area (TPSA) is 40.6 Å². The standard InChI is InChI=1S/C20H20F2N2O2/c1-14-4-2-5-15(12-14)19(25)23-8-3-9-24(11-10-23)20(26)16-6-7-17(21)18(22)13-16/h2,4-7,12-13H,3,8-11H2,1H3. The number of hydrogen-bond acceptors (Lipinski definition) is 2. The second kappa shape index (κ2) is 7.64. The SMILES string of the molecule is Cc1cccc(C(=O)N2CCCN(C(=O)c3ccc(F)c(F)c3)CC2)c1. The van der Waals surface area contributed by atoms with Crippen LogP contribution >= 0.6 is 0 Å². The highest BCUT2D eigenvalue weighted by molar-refractivity contribution is 5.95. The Bertz CT molecular complexity index is 838. The van der Waals surface area contributed by atoms with Crippen molar-refractivity contribution in [3.8, 4) is 0 Å². The minimum absolute atomic E-state index is 0.0594. The summed E-state index contributed by atoms with van der Waals surface area (Å²) in [5.74, 6) is -2.43. The quantitative estimate of drug-likeness (QED) is 0.827. The minimum Gasteiger partial charge on any atom is -0.337 e. The number of nitrogens with zero attached hydrogens (tertiary/aromatic N) is 2. The number of carbonyl (C=O) groups excluding carboxylic acids is 2. The third kappa shape index (κ3) is 3.90. The number of hydrogen-bond donors (Lipinski definition) is 0. The second-order valence-corrected chi connectivity index (χ2v) is 6.44. The van der Waals surface area contributed by atoms with E-state index in [0.717, 1.165) is 17.7 Å². The third-order valence-electron chi connectivity index (χ3n) is 4.50. The van der Waals surface area contributed by atoms with Crippen LogP contribution in [0.15, 0.2) is 42.5 Å².